The van der Waals surface area contributed by atoms with Crippen LogP contribution in [0.2, 0.25) is 0 Å². The molecule has 0 aromatic heterocycles. The van der Waals surface area contributed by atoms with Gasteiger partial charge in [-0.25, -0.2) is 4.79 Å². The van der Waals surface area contributed by atoms with Gasteiger partial charge in [0.2, 0.25) is 0 Å². The zero-order valence-electron chi connectivity index (χ0n) is 15.8. The van der Waals surface area contributed by atoms with Crippen LogP contribution in [0.4, 0.5) is 10.5 Å². The number of hydrogen-bond acceptors (Lipinski definition) is 3. The first-order valence-electron chi connectivity index (χ1n) is 9.41. The number of amides is 2. The summed E-state index contributed by atoms with van der Waals surface area (Å²) in [6.07, 6.45) is 0. The average molecular weight is 469 g/mol. The summed E-state index contributed by atoms with van der Waals surface area (Å²) < 4.78 is 6.74. The molecule has 1 heterocycles. The van der Waals surface area contributed by atoms with Gasteiger partial charge in [0.15, 0.2) is 0 Å². The molecule has 1 saturated heterocycles. The summed E-state index contributed by atoms with van der Waals surface area (Å²) in [6, 6.07) is 25.7. The zero-order chi connectivity index (χ0) is 20.1. The van der Waals surface area contributed by atoms with Crippen LogP contribution in [0.15, 0.2) is 83.3 Å². The maximum atomic E-state index is 12.8. The van der Waals surface area contributed by atoms with E-state index in [1.807, 2.05) is 83.8 Å². The van der Waals surface area contributed by atoms with Gasteiger partial charge in [0.25, 0.3) is 0 Å². The Bertz CT molecular complexity index is 966. The van der Waals surface area contributed by atoms with E-state index in [9.17, 15) is 4.79 Å². The number of urea groups is 1. The quantitative estimate of drug-likeness (QED) is 0.476. The summed E-state index contributed by atoms with van der Waals surface area (Å²) in [6.45, 7) is 1.26. The average Bonchev–Trinajstić information content (AvgIpc) is 3.25. The molecular formula is C23H21BrN2O2S. The van der Waals surface area contributed by atoms with Gasteiger partial charge in [-0.3, -0.25) is 0 Å². The van der Waals surface area contributed by atoms with Crippen molar-refractivity contribution < 1.29 is 9.53 Å². The lowest BCUT2D eigenvalue weighted by molar-refractivity contribution is 0.214. The Labute approximate surface area is 183 Å². The predicted molar refractivity (Wildman–Crippen MR) is 122 cm³/mol. The highest BCUT2D eigenvalue weighted by Crippen LogP contribution is 2.39. The van der Waals surface area contributed by atoms with Crippen LogP contribution in [-0.2, 0) is 6.61 Å². The molecule has 0 radical (unpaired) electrons. The van der Waals surface area contributed by atoms with E-state index in [1.165, 1.54) is 0 Å². The Kier molecular flexibility index (Phi) is 6.42. The van der Waals surface area contributed by atoms with Crippen LogP contribution in [0.3, 0.4) is 0 Å². The van der Waals surface area contributed by atoms with Gasteiger partial charge in [0, 0.05) is 16.8 Å². The van der Waals surface area contributed by atoms with Gasteiger partial charge in [-0.2, -0.15) is 0 Å². The number of thioether (sulfide) groups is 1. The van der Waals surface area contributed by atoms with E-state index in [1.54, 1.807) is 11.8 Å². The van der Waals surface area contributed by atoms with Gasteiger partial charge in [0.05, 0.1) is 5.69 Å². The minimum absolute atomic E-state index is 0.000612. The van der Waals surface area contributed by atoms with Crippen molar-refractivity contribution in [2.75, 3.05) is 17.6 Å². The Balaban J connectivity index is 1.40. The number of hydrogen-bond donors (Lipinski definition) is 1. The molecule has 29 heavy (non-hydrogen) atoms. The third-order valence-electron chi connectivity index (χ3n) is 4.68. The van der Waals surface area contributed by atoms with E-state index in [0.717, 1.165) is 39.3 Å². The Morgan fingerprint density at radius 2 is 1.76 bits per heavy atom. The number of benzene rings is 3. The van der Waals surface area contributed by atoms with Crippen LogP contribution < -0.4 is 10.1 Å². The third kappa shape index (κ3) is 4.95. The smallest absolute Gasteiger partial charge is 0.323 e. The van der Waals surface area contributed by atoms with E-state index in [0.29, 0.717) is 6.61 Å². The van der Waals surface area contributed by atoms with Crippen molar-refractivity contribution in [3.8, 4) is 5.75 Å². The second-order valence-corrected chi connectivity index (χ2v) is 8.71. The van der Waals surface area contributed by atoms with Gasteiger partial charge in [0.1, 0.15) is 17.7 Å². The highest BCUT2D eigenvalue weighted by atomic mass is 79.9. The Morgan fingerprint density at radius 3 is 2.52 bits per heavy atom. The Morgan fingerprint density at radius 1 is 1.03 bits per heavy atom. The monoisotopic (exact) mass is 468 g/mol. The minimum Gasteiger partial charge on any atom is -0.489 e. The maximum absolute atomic E-state index is 12.8. The van der Waals surface area contributed by atoms with E-state index >= 15 is 0 Å². The largest absolute Gasteiger partial charge is 0.489 e. The molecule has 1 aliphatic heterocycles. The lowest BCUT2D eigenvalue weighted by Crippen LogP contribution is -2.34. The number of ether oxygens (including phenoxy) is 1. The SMILES string of the molecule is O=C(Nc1ccccc1Br)N1CCSC1c1ccc(OCc2ccccc2)cc1. The normalized spacial score (nSPS) is 15.9. The summed E-state index contributed by atoms with van der Waals surface area (Å²) in [5, 5.41) is 3.00. The molecule has 0 bridgehead atoms. The molecule has 2 amide bonds. The molecule has 1 N–H and O–H groups in total. The van der Waals surface area contributed by atoms with Crippen molar-refractivity contribution in [3.63, 3.8) is 0 Å². The predicted octanol–water partition coefficient (Wildman–Crippen LogP) is 6.31. The molecular weight excluding hydrogens is 448 g/mol. The van der Waals surface area contributed by atoms with E-state index in [2.05, 4.69) is 21.2 Å². The number of para-hydroxylation sites is 1. The first-order chi connectivity index (χ1) is 14.2. The standard InChI is InChI=1S/C23H21BrN2O2S/c24-20-8-4-5-9-21(20)25-23(27)26-14-15-29-22(26)18-10-12-19(13-11-18)28-16-17-6-2-1-3-7-17/h1-13,22H,14-16H2,(H,25,27). The summed E-state index contributed by atoms with van der Waals surface area (Å²) in [7, 11) is 0. The zero-order valence-corrected chi connectivity index (χ0v) is 18.2. The molecule has 148 valence electrons. The molecule has 4 nitrogen and oxygen atoms in total. The molecule has 0 spiro atoms. The van der Waals surface area contributed by atoms with Gasteiger partial charge in [-0.05, 0) is 51.3 Å². The first-order valence-corrected chi connectivity index (χ1v) is 11.3. The van der Waals surface area contributed by atoms with Crippen LogP contribution >= 0.6 is 27.7 Å². The summed E-state index contributed by atoms with van der Waals surface area (Å²) >= 11 is 5.26. The molecule has 3 aromatic carbocycles. The van der Waals surface area contributed by atoms with Crippen LogP contribution in [0.5, 0.6) is 5.75 Å². The summed E-state index contributed by atoms with van der Waals surface area (Å²) in [5.41, 5.74) is 3.01. The van der Waals surface area contributed by atoms with E-state index in [-0.39, 0.29) is 11.4 Å². The molecule has 6 heteroatoms. The molecule has 1 fully saturated rings. The van der Waals surface area contributed by atoms with Gasteiger partial charge < -0.3 is 15.0 Å². The fraction of sp³-hybridized carbons (Fsp3) is 0.174. The van der Waals surface area contributed by atoms with Crippen LogP contribution in [0, 0.1) is 0 Å². The van der Waals surface area contributed by atoms with Crippen LogP contribution in [0.1, 0.15) is 16.5 Å². The summed E-state index contributed by atoms with van der Waals surface area (Å²) in [4.78, 5) is 14.7. The number of rotatable bonds is 5. The topological polar surface area (TPSA) is 41.6 Å². The van der Waals surface area contributed by atoms with E-state index < -0.39 is 0 Å². The number of anilines is 1. The maximum Gasteiger partial charge on any atom is 0.323 e. The van der Waals surface area contributed by atoms with Gasteiger partial charge >= 0.3 is 6.03 Å². The molecule has 1 unspecified atom stereocenters. The van der Waals surface area contributed by atoms with Crippen molar-refractivity contribution in [2.24, 2.45) is 0 Å². The number of carbonyl (C=O) groups is 1. The van der Waals surface area contributed by atoms with Crippen molar-refractivity contribution in [2.45, 2.75) is 12.0 Å². The molecule has 0 aliphatic carbocycles. The molecule has 4 rings (SSSR count). The number of nitrogens with zero attached hydrogens (tertiary/aromatic N) is 1. The Hall–Kier alpha value is -2.44. The van der Waals surface area contributed by atoms with Crippen molar-refractivity contribution in [1.29, 1.82) is 0 Å². The highest BCUT2D eigenvalue weighted by Gasteiger charge is 2.30. The van der Waals surface area contributed by atoms with E-state index in [4.69, 9.17) is 4.74 Å². The number of halogens is 1. The van der Waals surface area contributed by atoms with Crippen molar-refractivity contribution >= 4 is 39.4 Å². The van der Waals surface area contributed by atoms with Crippen LogP contribution in [0.25, 0.3) is 0 Å². The number of carbonyl (C=O) groups excluding carboxylic acids is 1. The van der Waals surface area contributed by atoms with Gasteiger partial charge in [-0.1, -0.05) is 54.6 Å². The fourth-order valence-corrected chi connectivity index (χ4v) is 4.81. The van der Waals surface area contributed by atoms with Crippen molar-refractivity contribution in [3.05, 3.63) is 94.5 Å². The summed E-state index contributed by atoms with van der Waals surface area (Å²) in [5.74, 6) is 1.74. The molecule has 1 atom stereocenters. The second kappa shape index (κ2) is 9.37. The third-order valence-corrected chi connectivity index (χ3v) is 6.63. The first kappa shape index (κ1) is 19.9. The van der Waals surface area contributed by atoms with Crippen molar-refractivity contribution in [1.82, 2.24) is 4.90 Å². The molecule has 0 saturated carbocycles. The second-order valence-electron chi connectivity index (χ2n) is 6.67. The minimum atomic E-state index is -0.0868. The lowest BCUT2D eigenvalue weighted by Gasteiger charge is -2.25. The lowest BCUT2D eigenvalue weighted by atomic mass is 10.2. The van der Waals surface area contributed by atoms with Gasteiger partial charge in [-0.15, -0.1) is 11.8 Å². The fourth-order valence-electron chi connectivity index (χ4n) is 3.17. The highest BCUT2D eigenvalue weighted by molar-refractivity contribution is 9.10. The number of nitrogens with one attached hydrogen (secondary N) is 1. The van der Waals surface area contributed by atoms with Crippen LogP contribution in [-0.4, -0.2) is 23.2 Å². The molecule has 1 aliphatic rings. The molecule has 3 aromatic rings.